The SMILES string of the molecule is CCOC(=O)COc1ccc(/C=C2\SC(=Nc3cc(C)c(C)c([N+](=O)[O-])c3)NC2=O)cc1. The quantitative estimate of drug-likeness (QED) is 0.289. The molecule has 0 unspecified atom stereocenters. The van der Waals surface area contributed by atoms with Crippen molar-refractivity contribution in [3.05, 3.63) is 68.1 Å². The van der Waals surface area contributed by atoms with E-state index in [-0.39, 0.29) is 18.2 Å². The predicted octanol–water partition coefficient (Wildman–Crippen LogP) is 4.05. The Morgan fingerprint density at radius 1 is 1.25 bits per heavy atom. The number of amides is 1. The fourth-order valence-electron chi connectivity index (χ4n) is 2.83. The Balaban J connectivity index is 1.72. The number of ether oxygens (including phenoxy) is 2. The zero-order chi connectivity index (χ0) is 23.3. The first-order chi connectivity index (χ1) is 15.3. The van der Waals surface area contributed by atoms with E-state index in [4.69, 9.17) is 9.47 Å². The zero-order valence-electron chi connectivity index (χ0n) is 17.7. The van der Waals surface area contributed by atoms with E-state index in [0.717, 1.165) is 22.9 Å². The van der Waals surface area contributed by atoms with Crippen LogP contribution in [0.1, 0.15) is 23.6 Å². The molecule has 1 heterocycles. The molecular formula is C22H21N3O6S. The summed E-state index contributed by atoms with van der Waals surface area (Å²) in [5.74, 6) is -0.254. The van der Waals surface area contributed by atoms with Gasteiger partial charge in [0.15, 0.2) is 11.8 Å². The van der Waals surface area contributed by atoms with Crippen molar-refractivity contribution >= 4 is 46.3 Å². The van der Waals surface area contributed by atoms with Gasteiger partial charge in [-0.3, -0.25) is 14.9 Å². The standard InChI is InChI=1S/C22H21N3O6S/c1-4-30-20(26)12-31-17-7-5-15(6-8-17)10-19-21(27)24-22(32-19)23-16-9-13(2)14(3)18(11-16)25(28)29/h5-11H,4,12H2,1-3H3,(H,23,24,27)/b19-10-. The average molecular weight is 455 g/mol. The Bertz CT molecular complexity index is 1130. The van der Waals surface area contributed by atoms with Gasteiger partial charge in [0, 0.05) is 11.6 Å². The Kier molecular flexibility index (Phi) is 7.26. The number of nitro benzene ring substituents is 1. The highest BCUT2D eigenvalue weighted by atomic mass is 32.2. The highest BCUT2D eigenvalue weighted by Gasteiger charge is 2.24. The van der Waals surface area contributed by atoms with E-state index < -0.39 is 10.9 Å². The summed E-state index contributed by atoms with van der Waals surface area (Å²) in [6.45, 7) is 5.30. The van der Waals surface area contributed by atoms with Crippen molar-refractivity contribution in [3.63, 3.8) is 0 Å². The van der Waals surface area contributed by atoms with Gasteiger partial charge in [-0.15, -0.1) is 0 Å². The molecule has 0 bridgehead atoms. The van der Waals surface area contributed by atoms with Crippen molar-refractivity contribution in [2.45, 2.75) is 20.8 Å². The monoisotopic (exact) mass is 455 g/mol. The minimum Gasteiger partial charge on any atom is -0.482 e. The van der Waals surface area contributed by atoms with Crippen molar-refractivity contribution in [2.75, 3.05) is 13.2 Å². The molecule has 10 heteroatoms. The van der Waals surface area contributed by atoms with Crippen LogP contribution in [-0.4, -0.2) is 35.2 Å². The number of carbonyl (C=O) groups excluding carboxylic acids is 2. The average Bonchev–Trinajstić information content (AvgIpc) is 3.08. The van der Waals surface area contributed by atoms with E-state index in [0.29, 0.717) is 33.7 Å². The van der Waals surface area contributed by atoms with Crippen molar-refractivity contribution in [3.8, 4) is 5.75 Å². The number of nitrogens with zero attached hydrogens (tertiary/aromatic N) is 2. The van der Waals surface area contributed by atoms with E-state index in [1.807, 2.05) is 0 Å². The van der Waals surface area contributed by atoms with E-state index in [1.54, 1.807) is 57.2 Å². The number of rotatable bonds is 7. The van der Waals surface area contributed by atoms with Crippen molar-refractivity contribution < 1.29 is 24.0 Å². The highest BCUT2D eigenvalue weighted by molar-refractivity contribution is 8.18. The van der Waals surface area contributed by atoms with Gasteiger partial charge in [0.1, 0.15) is 5.75 Å². The molecule has 1 aliphatic heterocycles. The highest BCUT2D eigenvalue weighted by Crippen LogP contribution is 2.31. The maximum absolute atomic E-state index is 12.3. The molecule has 1 saturated heterocycles. The Labute approximate surface area is 188 Å². The Morgan fingerprint density at radius 2 is 1.97 bits per heavy atom. The fourth-order valence-corrected chi connectivity index (χ4v) is 3.67. The van der Waals surface area contributed by atoms with Crippen LogP contribution in [0, 0.1) is 24.0 Å². The number of nitrogens with one attached hydrogen (secondary N) is 1. The predicted molar refractivity (Wildman–Crippen MR) is 122 cm³/mol. The largest absolute Gasteiger partial charge is 0.482 e. The number of esters is 1. The first-order valence-electron chi connectivity index (χ1n) is 9.70. The van der Waals surface area contributed by atoms with Crippen LogP contribution in [0.3, 0.4) is 0 Å². The van der Waals surface area contributed by atoms with Crippen LogP contribution >= 0.6 is 11.8 Å². The van der Waals surface area contributed by atoms with Gasteiger partial charge < -0.3 is 14.8 Å². The lowest BCUT2D eigenvalue weighted by molar-refractivity contribution is -0.385. The lowest BCUT2D eigenvalue weighted by Crippen LogP contribution is -2.19. The van der Waals surface area contributed by atoms with E-state index in [9.17, 15) is 19.7 Å². The molecule has 1 fully saturated rings. The van der Waals surface area contributed by atoms with Crippen LogP contribution in [-0.2, 0) is 14.3 Å². The molecule has 0 radical (unpaired) electrons. The molecule has 32 heavy (non-hydrogen) atoms. The molecular weight excluding hydrogens is 434 g/mol. The molecule has 0 saturated carbocycles. The topological polar surface area (TPSA) is 120 Å². The number of hydrogen-bond acceptors (Lipinski definition) is 8. The summed E-state index contributed by atoms with van der Waals surface area (Å²) in [6, 6.07) is 10.0. The number of amidine groups is 1. The summed E-state index contributed by atoms with van der Waals surface area (Å²) >= 11 is 1.14. The van der Waals surface area contributed by atoms with Crippen molar-refractivity contribution in [2.24, 2.45) is 4.99 Å². The second-order valence-electron chi connectivity index (χ2n) is 6.81. The van der Waals surface area contributed by atoms with Crippen molar-refractivity contribution in [1.82, 2.24) is 5.32 Å². The van der Waals surface area contributed by atoms with Crippen LogP contribution < -0.4 is 10.1 Å². The van der Waals surface area contributed by atoms with Crippen LogP contribution in [0.2, 0.25) is 0 Å². The summed E-state index contributed by atoms with van der Waals surface area (Å²) in [6.07, 6.45) is 1.69. The summed E-state index contributed by atoms with van der Waals surface area (Å²) in [4.78, 5) is 39.2. The third-order valence-corrected chi connectivity index (χ3v) is 5.45. The lowest BCUT2D eigenvalue weighted by Gasteiger charge is -2.05. The zero-order valence-corrected chi connectivity index (χ0v) is 18.5. The van der Waals surface area contributed by atoms with Crippen LogP contribution in [0.25, 0.3) is 6.08 Å². The summed E-state index contributed by atoms with van der Waals surface area (Å²) in [7, 11) is 0. The minimum atomic E-state index is -0.447. The second-order valence-corrected chi connectivity index (χ2v) is 7.84. The first kappa shape index (κ1) is 23.0. The van der Waals surface area contributed by atoms with Gasteiger partial charge in [-0.1, -0.05) is 12.1 Å². The summed E-state index contributed by atoms with van der Waals surface area (Å²) < 4.78 is 10.2. The number of aliphatic imine (C=N–C) groups is 1. The Morgan fingerprint density at radius 3 is 2.62 bits per heavy atom. The molecule has 0 spiro atoms. The molecule has 1 amide bonds. The molecule has 0 aromatic heterocycles. The van der Waals surface area contributed by atoms with Crippen LogP contribution in [0.15, 0.2) is 46.3 Å². The number of aryl methyl sites for hydroxylation is 1. The van der Waals surface area contributed by atoms with E-state index in [1.165, 1.54) is 6.07 Å². The molecule has 2 aromatic rings. The van der Waals surface area contributed by atoms with Gasteiger partial charge >= 0.3 is 5.97 Å². The second kappa shape index (κ2) is 10.1. The summed E-state index contributed by atoms with van der Waals surface area (Å²) in [5.41, 5.74) is 2.46. The van der Waals surface area contributed by atoms with Crippen LogP contribution in [0.5, 0.6) is 5.75 Å². The molecule has 3 rings (SSSR count). The fraction of sp³-hybridized carbons (Fsp3) is 0.227. The van der Waals surface area contributed by atoms with Gasteiger partial charge in [0.05, 0.1) is 22.1 Å². The molecule has 0 atom stereocenters. The Hall–Kier alpha value is -3.66. The van der Waals surface area contributed by atoms with Gasteiger partial charge in [0.25, 0.3) is 11.6 Å². The van der Waals surface area contributed by atoms with Crippen molar-refractivity contribution in [1.29, 1.82) is 0 Å². The third-order valence-electron chi connectivity index (χ3n) is 4.54. The van der Waals surface area contributed by atoms with E-state index in [2.05, 4.69) is 10.3 Å². The minimum absolute atomic E-state index is 0.0142. The third kappa shape index (κ3) is 5.73. The molecule has 1 aliphatic rings. The molecule has 0 aliphatic carbocycles. The number of thioether (sulfide) groups is 1. The number of benzene rings is 2. The van der Waals surface area contributed by atoms with Gasteiger partial charge in [-0.05, 0) is 67.9 Å². The smallest absolute Gasteiger partial charge is 0.344 e. The number of nitro groups is 1. The van der Waals surface area contributed by atoms with Gasteiger partial charge in [-0.2, -0.15) is 0 Å². The lowest BCUT2D eigenvalue weighted by atomic mass is 10.1. The summed E-state index contributed by atoms with van der Waals surface area (Å²) in [5, 5.41) is 14.3. The number of carbonyl (C=O) groups is 2. The maximum Gasteiger partial charge on any atom is 0.344 e. The number of hydrogen-bond donors (Lipinski definition) is 1. The molecule has 166 valence electrons. The van der Waals surface area contributed by atoms with Crippen LogP contribution in [0.4, 0.5) is 11.4 Å². The molecule has 2 aromatic carbocycles. The molecule has 1 N–H and O–H groups in total. The van der Waals surface area contributed by atoms with E-state index >= 15 is 0 Å². The molecule has 9 nitrogen and oxygen atoms in total. The first-order valence-corrected chi connectivity index (χ1v) is 10.5. The van der Waals surface area contributed by atoms with Gasteiger partial charge in [-0.25, -0.2) is 9.79 Å². The normalized spacial score (nSPS) is 15.7. The maximum atomic E-state index is 12.3. The van der Waals surface area contributed by atoms with Gasteiger partial charge in [0.2, 0.25) is 0 Å².